The van der Waals surface area contributed by atoms with Gasteiger partial charge in [0, 0.05) is 13.2 Å². The summed E-state index contributed by atoms with van der Waals surface area (Å²) in [6, 6.07) is 0. The van der Waals surface area contributed by atoms with E-state index in [1.54, 1.807) is 0 Å². The molecule has 0 saturated carbocycles. The molecule has 0 heterocycles. The second-order valence-electron chi connectivity index (χ2n) is 1.27. The van der Waals surface area contributed by atoms with Crippen LogP contribution in [0.1, 0.15) is 6.42 Å². The van der Waals surface area contributed by atoms with E-state index in [4.69, 9.17) is 15.3 Å². The molecule has 0 aromatic carbocycles. The molecule has 3 N–H and O–H groups in total. The van der Waals surface area contributed by atoms with Gasteiger partial charge in [0.1, 0.15) is 0 Å². The first-order valence-electron chi connectivity index (χ1n) is 2.77. The van der Waals surface area contributed by atoms with Crippen LogP contribution in [-0.2, 0) is 0 Å². The van der Waals surface area contributed by atoms with Crippen molar-refractivity contribution in [1.82, 2.24) is 0 Å². The second-order valence-corrected chi connectivity index (χ2v) is 1.27. The highest BCUT2D eigenvalue weighted by Crippen LogP contribution is 1.65. The Bertz CT molecular complexity index is 43.6. The maximum Gasteiger partial charge on any atom is 0.0609 e. The number of aliphatic hydroxyl groups excluding tert-OH is 3. The van der Waals surface area contributed by atoms with Gasteiger partial charge >= 0.3 is 0 Å². The zero-order chi connectivity index (χ0) is 7.54. The monoisotopic (exact) mass is 134 g/mol. The summed E-state index contributed by atoms with van der Waals surface area (Å²) in [6.45, 7) is 3.50. The van der Waals surface area contributed by atoms with E-state index in [1.807, 2.05) is 0 Å². The van der Waals surface area contributed by atoms with Crippen LogP contribution in [0.3, 0.4) is 0 Å². The topological polar surface area (TPSA) is 60.7 Å². The second kappa shape index (κ2) is 15.6. The number of aliphatic hydroxyl groups is 3. The Balaban J connectivity index is 0. The zero-order valence-corrected chi connectivity index (χ0v) is 5.45. The standard InChI is InChI=1S/C3H8O2.C3H6O/c4-2-1-3-5;1-2-3-4/h4-5H,1-3H2;2,4H,1,3H2. The lowest BCUT2D eigenvalue weighted by Gasteiger charge is -1.79. The Morgan fingerprint density at radius 3 is 1.44 bits per heavy atom. The van der Waals surface area contributed by atoms with Crippen molar-refractivity contribution in [2.75, 3.05) is 19.8 Å². The van der Waals surface area contributed by atoms with Crippen LogP contribution in [0.5, 0.6) is 0 Å². The summed E-state index contributed by atoms with van der Waals surface area (Å²) in [5, 5.41) is 23.6. The summed E-state index contributed by atoms with van der Waals surface area (Å²) in [5.74, 6) is 0. The molecular formula is C6H14O3. The molecule has 0 amide bonds. The predicted molar refractivity (Wildman–Crippen MR) is 36.1 cm³/mol. The Kier molecular flexibility index (Phi) is 19.9. The van der Waals surface area contributed by atoms with Gasteiger partial charge in [-0.1, -0.05) is 6.08 Å². The number of hydrogen-bond donors (Lipinski definition) is 3. The van der Waals surface area contributed by atoms with E-state index in [0.29, 0.717) is 6.42 Å². The lowest BCUT2D eigenvalue weighted by atomic mass is 10.5. The molecule has 3 nitrogen and oxygen atoms in total. The first-order chi connectivity index (χ1) is 4.33. The average Bonchev–Trinajstić information content (AvgIpc) is 1.91. The Morgan fingerprint density at radius 2 is 1.44 bits per heavy atom. The van der Waals surface area contributed by atoms with Gasteiger partial charge in [-0.15, -0.1) is 6.58 Å². The summed E-state index contributed by atoms with van der Waals surface area (Å²) < 4.78 is 0. The van der Waals surface area contributed by atoms with Crippen molar-refractivity contribution in [3.8, 4) is 0 Å². The highest BCUT2D eigenvalue weighted by Gasteiger charge is 1.70. The lowest BCUT2D eigenvalue weighted by molar-refractivity contribution is 0.221. The summed E-state index contributed by atoms with van der Waals surface area (Å²) in [4.78, 5) is 0. The molecule has 0 aromatic rings. The van der Waals surface area contributed by atoms with E-state index < -0.39 is 0 Å². The quantitative estimate of drug-likeness (QED) is 0.457. The van der Waals surface area contributed by atoms with Crippen LogP contribution in [0.2, 0.25) is 0 Å². The van der Waals surface area contributed by atoms with Crippen molar-refractivity contribution < 1.29 is 15.3 Å². The van der Waals surface area contributed by atoms with E-state index in [-0.39, 0.29) is 19.8 Å². The number of rotatable bonds is 3. The van der Waals surface area contributed by atoms with Crippen LogP contribution >= 0.6 is 0 Å². The van der Waals surface area contributed by atoms with Gasteiger partial charge in [-0.3, -0.25) is 0 Å². The van der Waals surface area contributed by atoms with Crippen molar-refractivity contribution in [2.45, 2.75) is 6.42 Å². The molecule has 0 rings (SSSR count). The lowest BCUT2D eigenvalue weighted by Crippen LogP contribution is -1.85. The molecule has 0 aliphatic heterocycles. The third-order valence-corrected chi connectivity index (χ3v) is 0.445. The predicted octanol–water partition coefficient (Wildman–Crippen LogP) is -0.474. The van der Waals surface area contributed by atoms with Crippen molar-refractivity contribution in [3.05, 3.63) is 12.7 Å². The van der Waals surface area contributed by atoms with Crippen molar-refractivity contribution in [1.29, 1.82) is 0 Å². The first-order valence-corrected chi connectivity index (χ1v) is 2.77. The van der Waals surface area contributed by atoms with E-state index in [1.165, 1.54) is 6.08 Å². The van der Waals surface area contributed by atoms with Gasteiger partial charge < -0.3 is 15.3 Å². The summed E-state index contributed by atoms with van der Waals surface area (Å²) in [5.41, 5.74) is 0. The fourth-order valence-corrected chi connectivity index (χ4v) is 0.0707. The molecular weight excluding hydrogens is 120 g/mol. The third-order valence-electron chi connectivity index (χ3n) is 0.445. The van der Waals surface area contributed by atoms with Crippen LogP contribution in [0.25, 0.3) is 0 Å². The fourth-order valence-electron chi connectivity index (χ4n) is 0.0707. The minimum Gasteiger partial charge on any atom is -0.396 e. The molecule has 0 spiro atoms. The minimum atomic E-state index is 0.0833. The van der Waals surface area contributed by atoms with Crippen LogP contribution < -0.4 is 0 Å². The molecule has 0 saturated heterocycles. The van der Waals surface area contributed by atoms with Crippen molar-refractivity contribution in [3.63, 3.8) is 0 Å². The molecule has 56 valence electrons. The van der Waals surface area contributed by atoms with Gasteiger partial charge in [-0.25, -0.2) is 0 Å². The van der Waals surface area contributed by atoms with E-state index in [0.717, 1.165) is 0 Å². The van der Waals surface area contributed by atoms with Crippen molar-refractivity contribution in [2.24, 2.45) is 0 Å². The molecule has 0 aromatic heterocycles. The Hall–Kier alpha value is -0.380. The van der Waals surface area contributed by atoms with Crippen LogP contribution in [0, 0.1) is 0 Å². The molecule has 0 atom stereocenters. The SMILES string of the molecule is C=CCO.OCCCO. The van der Waals surface area contributed by atoms with Gasteiger partial charge in [-0.2, -0.15) is 0 Å². The van der Waals surface area contributed by atoms with Gasteiger partial charge in [0.15, 0.2) is 0 Å². The summed E-state index contributed by atoms with van der Waals surface area (Å²) in [6.07, 6.45) is 1.93. The Morgan fingerprint density at radius 1 is 1.11 bits per heavy atom. The average molecular weight is 134 g/mol. The molecule has 0 aliphatic carbocycles. The molecule has 0 bridgehead atoms. The Labute approximate surface area is 55.3 Å². The van der Waals surface area contributed by atoms with Crippen LogP contribution in [0.15, 0.2) is 12.7 Å². The first kappa shape index (κ1) is 11.4. The minimum absolute atomic E-state index is 0.0833. The maximum absolute atomic E-state index is 7.91. The molecule has 0 radical (unpaired) electrons. The molecule has 0 fully saturated rings. The fraction of sp³-hybridized carbons (Fsp3) is 0.667. The van der Waals surface area contributed by atoms with Gasteiger partial charge in [0.05, 0.1) is 6.61 Å². The molecule has 0 aliphatic rings. The van der Waals surface area contributed by atoms with E-state index in [9.17, 15) is 0 Å². The maximum atomic E-state index is 7.91. The van der Waals surface area contributed by atoms with Crippen LogP contribution in [-0.4, -0.2) is 35.1 Å². The molecule has 9 heavy (non-hydrogen) atoms. The molecule has 0 unspecified atom stereocenters. The molecule has 3 heteroatoms. The summed E-state index contributed by atoms with van der Waals surface area (Å²) >= 11 is 0. The highest BCUT2D eigenvalue weighted by molar-refractivity contribution is 4.60. The van der Waals surface area contributed by atoms with Gasteiger partial charge in [0.2, 0.25) is 0 Å². The van der Waals surface area contributed by atoms with Crippen molar-refractivity contribution >= 4 is 0 Å². The van der Waals surface area contributed by atoms with E-state index >= 15 is 0 Å². The van der Waals surface area contributed by atoms with Crippen LogP contribution in [0.4, 0.5) is 0 Å². The summed E-state index contributed by atoms with van der Waals surface area (Å²) in [7, 11) is 0. The number of hydrogen-bond acceptors (Lipinski definition) is 3. The highest BCUT2D eigenvalue weighted by atomic mass is 16.3. The van der Waals surface area contributed by atoms with Gasteiger partial charge in [0.25, 0.3) is 0 Å². The smallest absolute Gasteiger partial charge is 0.0609 e. The normalized spacial score (nSPS) is 7.44. The third kappa shape index (κ3) is 35.1. The zero-order valence-electron chi connectivity index (χ0n) is 5.45. The largest absolute Gasteiger partial charge is 0.396 e. The van der Waals surface area contributed by atoms with Gasteiger partial charge in [-0.05, 0) is 6.42 Å². The van der Waals surface area contributed by atoms with E-state index in [2.05, 4.69) is 6.58 Å².